The molecule has 0 spiro atoms. The van der Waals surface area contributed by atoms with Crippen LogP contribution in [0.25, 0.3) is 0 Å². The summed E-state index contributed by atoms with van der Waals surface area (Å²) in [6.07, 6.45) is 1.82. The summed E-state index contributed by atoms with van der Waals surface area (Å²) in [7, 11) is 1.99. The molecule has 0 aromatic carbocycles. The topological polar surface area (TPSA) is 55.9 Å². The summed E-state index contributed by atoms with van der Waals surface area (Å²) < 4.78 is 1.95. The van der Waals surface area contributed by atoms with Crippen LogP contribution in [0.5, 0.6) is 0 Å². The normalized spacial score (nSPS) is 12.9. The van der Waals surface area contributed by atoms with Gasteiger partial charge in [0.15, 0.2) is 0 Å². The molecule has 0 radical (unpaired) electrons. The lowest BCUT2D eigenvalue weighted by atomic mass is 10.0. The van der Waals surface area contributed by atoms with Crippen LogP contribution in [0, 0.1) is 6.92 Å². The Morgan fingerprint density at radius 1 is 1.50 bits per heavy atom. The monoisotopic (exact) mass is 264 g/mol. The van der Waals surface area contributed by atoms with Crippen LogP contribution in [0.2, 0.25) is 0 Å². The van der Waals surface area contributed by atoms with E-state index in [9.17, 15) is 0 Å². The summed E-state index contributed by atoms with van der Waals surface area (Å²) in [5.41, 5.74) is 7.82. The Balaban J connectivity index is 2.20. The van der Waals surface area contributed by atoms with Crippen molar-refractivity contribution in [2.75, 3.05) is 0 Å². The van der Waals surface area contributed by atoms with E-state index in [0.29, 0.717) is 0 Å². The number of nitrogens with two attached hydrogens (primary N) is 1. The van der Waals surface area contributed by atoms with Crippen molar-refractivity contribution in [2.45, 2.75) is 32.7 Å². The number of aryl methyl sites for hydroxylation is 3. The molecule has 2 heterocycles. The molecule has 2 aromatic rings. The van der Waals surface area contributed by atoms with Crippen LogP contribution in [-0.4, -0.2) is 9.78 Å². The molecule has 1 atom stereocenters. The summed E-state index contributed by atoms with van der Waals surface area (Å²) >= 11 is 1.72. The molecule has 0 aliphatic carbocycles. The predicted molar refractivity (Wildman–Crippen MR) is 75.4 cm³/mol. The number of hydrazine groups is 1. The number of aromatic nitrogens is 2. The molecular formula is C13H20N4S. The molecule has 1 unspecified atom stereocenters. The number of thiophene rings is 1. The van der Waals surface area contributed by atoms with Gasteiger partial charge in [-0.1, -0.05) is 6.92 Å². The quantitative estimate of drug-likeness (QED) is 0.642. The molecule has 0 amide bonds. The zero-order valence-corrected chi connectivity index (χ0v) is 11.9. The van der Waals surface area contributed by atoms with Gasteiger partial charge in [-0.25, -0.2) is 0 Å². The third-order valence-corrected chi connectivity index (χ3v) is 4.15. The van der Waals surface area contributed by atoms with Gasteiger partial charge in [-0.15, -0.1) is 0 Å². The smallest absolute Gasteiger partial charge is 0.0624 e. The Hall–Kier alpha value is -1.17. The molecule has 2 aromatic heterocycles. The van der Waals surface area contributed by atoms with Gasteiger partial charge in [-0.3, -0.25) is 16.0 Å². The largest absolute Gasteiger partial charge is 0.272 e. The van der Waals surface area contributed by atoms with E-state index in [2.05, 4.69) is 41.2 Å². The minimum atomic E-state index is 0.149. The molecule has 0 fully saturated rings. The average molecular weight is 264 g/mol. The summed E-state index contributed by atoms with van der Waals surface area (Å²) in [6, 6.07) is 2.31. The second-order valence-corrected chi connectivity index (χ2v) is 5.28. The van der Waals surface area contributed by atoms with Gasteiger partial charge in [-0.05, 0) is 41.3 Å². The van der Waals surface area contributed by atoms with Gasteiger partial charge in [0, 0.05) is 19.2 Å². The summed E-state index contributed by atoms with van der Waals surface area (Å²) in [6.45, 7) is 4.24. The molecule has 2 rings (SSSR count). The summed E-state index contributed by atoms with van der Waals surface area (Å²) in [5.74, 6) is 5.70. The zero-order valence-electron chi connectivity index (χ0n) is 11.1. The lowest BCUT2D eigenvalue weighted by Gasteiger charge is -2.16. The Morgan fingerprint density at radius 3 is 2.78 bits per heavy atom. The molecule has 98 valence electrons. The molecule has 3 N–H and O–H groups in total. The van der Waals surface area contributed by atoms with Gasteiger partial charge in [0.2, 0.25) is 0 Å². The van der Waals surface area contributed by atoms with Gasteiger partial charge in [0.25, 0.3) is 0 Å². The van der Waals surface area contributed by atoms with Crippen molar-refractivity contribution >= 4 is 11.3 Å². The van der Waals surface area contributed by atoms with Gasteiger partial charge in [-0.2, -0.15) is 16.4 Å². The number of nitrogens with zero attached hydrogens (tertiary/aromatic N) is 2. The van der Waals surface area contributed by atoms with E-state index >= 15 is 0 Å². The van der Waals surface area contributed by atoms with Crippen molar-refractivity contribution in [3.05, 3.63) is 39.3 Å². The Kier molecular flexibility index (Phi) is 4.16. The second kappa shape index (κ2) is 5.65. The Morgan fingerprint density at radius 2 is 2.28 bits per heavy atom. The number of nitrogens with one attached hydrogen (secondary N) is 1. The highest BCUT2D eigenvalue weighted by Crippen LogP contribution is 2.24. The fraction of sp³-hybridized carbons (Fsp3) is 0.462. The van der Waals surface area contributed by atoms with E-state index in [4.69, 9.17) is 5.84 Å². The fourth-order valence-corrected chi connectivity index (χ4v) is 3.04. The molecule has 0 saturated heterocycles. The van der Waals surface area contributed by atoms with Crippen molar-refractivity contribution in [1.29, 1.82) is 0 Å². The third kappa shape index (κ3) is 2.63. The van der Waals surface area contributed by atoms with Gasteiger partial charge in [0.05, 0.1) is 11.7 Å². The first kappa shape index (κ1) is 13.3. The molecule has 0 saturated carbocycles. The first-order chi connectivity index (χ1) is 8.65. The number of hydrogen-bond donors (Lipinski definition) is 2. The maximum atomic E-state index is 5.70. The predicted octanol–water partition coefficient (Wildman–Crippen LogP) is 2.10. The van der Waals surface area contributed by atoms with E-state index in [-0.39, 0.29) is 6.04 Å². The lowest BCUT2D eigenvalue weighted by molar-refractivity contribution is 0.529. The van der Waals surface area contributed by atoms with Crippen LogP contribution in [0.1, 0.15) is 35.5 Å². The first-order valence-electron chi connectivity index (χ1n) is 6.16. The van der Waals surface area contributed by atoms with Crippen LogP contribution in [0.15, 0.2) is 16.8 Å². The third-order valence-electron chi connectivity index (χ3n) is 3.27. The van der Waals surface area contributed by atoms with E-state index in [1.54, 1.807) is 11.3 Å². The van der Waals surface area contributed by atoms with Crippen LogP contribution in [0.3, 0.4) is 0 Å². The fourth-order valence-electron chi connectivity index (χ4n) is 2.13. The molecular weight excluding hydrogens is 244 g/mol. The number of rotatable bonds is 5. The van der Waals surface area contributed by atoms with Crippen molar-refractivity contribution in [2.24, 2.45) is 12.9 Å². The van der Waals surface area contributed by atoms with E-state index in [0.717, 1.165) is 18.5 Å². The zero-order chi connectivity index (χ0) is 13.1. The molecule has 18 heavy (non-hydrogen) atoms. The van der Waals surface area contributed by atoms with Gasteiger partial charge in [0.1, 0.15) is 0 Å². The Bertz CT molecular complexity index is 515. The summed E-state index contributed by atoms with van der Waals surface area (Å²) in [5, 5.41) is 8.79. The molecule has 5 heteroatoms. The minimum Gasteiger partial charge on any atom is -0.272 e. The van der Waals surface area contributed by atoms with Crippen molar-refractivity contribution in [3.8, 4) is 0 Å². The van der Waals surface area contributed by atoms with Crippen molar-refractivity contribution in [3.63, 3.8) is 0 Å². The van der Waals surface area contributed by atoms with Crippen LogP contribution in [0.4, 0.5) is 0 Å². The maximum absolute atomic E-state index is 5.70. The van der Waals surface area contributed by atoms with Crippen LogP contribution in [-0.2, 0) is 19.9 Å². The van der Waals surface area contributed by atoms with Gasteiger partial charge >= 0.3 is 0 Å². The van der Waals surface area contributed by atoms with E-state index < -0.39 is 0 Å². The molecule has 0 aliphatic heterocycles. The van der Waals surface area contributed by atoms with Crippen LogP contribution < -0.4 is 11.3 Å². The van der Waals surface area contributed by atoms with E-state index in [1.807, 2.05) is 11.7 Å². The first-order valence-corrected chi connectivity index (χ1v) is 7.10. The van der Waals surface area contributed by atoms with Crippen LogP contribution >= 0.6 is 11.3 Å². The standard InChI is InChI=1S/C13H20N4S/c1-4-10-5-11(17(3)16-10)6-13(15-14)12-8-18-7-9(12)2/h5,7-8,13,15H,4,6,14H2,1-3H3. The maximum Gasteiger partial charge on any atom is 0.0624 e. The Labute approximate surface area is 112 Å². The second-order valence-electron chi connectivity index (χ2n) is 4.54. The van der Waals surface area contributed by atoms with E-state index in [1.165, 1.54) is 16.8 Å². The molecule has 0 aliphatic rings. The highest BCUT2D eigenvalue weighted by Gasteiger charge is 2.16. The number of hydrogen-bond acceptors (Lipinski definition) is 4. The lowest BCUT2D eigenvalue weighted by Crippen LogP contribution is -2.30. The minimum absolute atomic E-state index is 0.149. The van der Waals surface area contributed by atoms with Gasteiger partial charge < -0.3 is 0 Å². The average Bonchev–Trinajstić information content (AvgIpc) is 2.93. The molecule has 4 nitrogen and oxygen atoms in total. The SMILES string of the molecule is CCc1cc(CC(NN)c2cscc2C)n(C)n1. The van der Waals surface area contributed by atoms with Crippen molar-refractivity contribution < 1.29 is 0 Å². The highest BCUT2D eigenvalue weighted by molar-refractivity contribution is 7.08. The molecule has 0 bridgehead atoms. The van der Waals surface area contributed by atoms with Crippen molar-refractivity contribution in [1.82, 2.24) is 15.2 Å². The highest BCUT2D eigenvalue weighted by atomic mass is 32.1. The summed E-state index contributed by atoms with van der Waals surface area (Å²) in [4.78, 5) is 0.